The van der Waals surface area contributed by atoms with Gasteiger partial charge in [0.1, 0.15) is 18.1 Å². The van der Waals surface area contributed by atoms with Crippen molar-refractivity contribution >= 4 is 41.5 Å². The molecule has 216 valence electrons. The lowest BCUT2D eigenvalue weighted by Gasteiger charge is -2.25. The molecule has 18 nitrogen and oxygen atoms in total. The van der Waals surface area contributed by atoms with Crippen LogP contribution >= 0.6 is 0 Å². The molecule has 5 amide bonds. The van der Waals surface area contributed by atoms with Crippen molar-refractivity contribution in [1.82, 2.24) is 25.9 Å². The molecule has 4 atom stereocenters. The number of nitrogens with one attached hydrogen (secondary N) is 4. The average molecular weight is 554 g/mol. The van der Waals surface area contributed by atoms with Gasteiger partial charge in [-0.3, -0.25) is 29.0 Å². The molecule has 15 N–H and O–H groups in total. The molecule has 18 heteroatoms. The molecular weight excluding hydrogens is 518 g/mol. The maximum absolute atomic E-state index is 13.2. The lowest BCUT2D eigenvalue weighted by molar-refractivity contribution is -0.142. The van der Waals surface area contributed by atoms with Crippen molar-refractivity contribution in [3.05, 3.63) is 18.2 Å². The van der Waals surface area contributed by atoms with Crippen molar-refractivity contribution in [2.45, 2.75) is 62.7 Å². The molecule has 39 heavy (non-hydrogen) atoms. The molecule has 0 aromatic carbocycles. The van der Waals surface area contributed by atoms with Gasteiger partial charge in [0.2, 0.25) is 29.5 Å². The van der Waals surface area contributed by atoms with Crippen molar-refractivity contribution in [2.24, 2.45) is 33.7 Å². The number of primary amides is 2. The largest absolute Gasteiger partial charge is 0.480 e. The lowest BCUT2D eigenvalue weighted by Crippen LogP contribution is -2.57. The number of carboxylic acid groups (broad SMARTS) is 1. The molecule has 0 radical (unpaired) electrons. The van der Waals surface area contributed by atoms with Gasteiger partial charge in [-0.2, -0.15) is 0 Å². The van der Waals surface area contributed by atoms with E-state index in [9.17, 15) is 33.9 Å². The molecular formula is C21H35N11O7. The number of guanidine groups is 1. The SMILES string of the molecule is NC(=O)CCC(NC(=O)C(Cc1cnc[nH]1)NC(=O)C(CCCN=C(N)N)NC(=O)C(N)CC(N)=O)C(=O)O. The van der Waals surface area contributed by atoms with E-state index in [0.717, 1.165) is 0 Å². The number of carbonyl (C=O) groups excluding carboxylic acids is 5. The molecule has 0 saturated heterocycles. The summed E-state index contributed by atoms with van der Waals surface area (Å²) in [7, 11) is 0. The van der Waals surface area contributed by atoms with Crippen molar-refractivity contribution in [2.75, 3.05) is 6.54 Å². The highest BCUT2D eigenvalue weighted by Crippen LogP contribution is 2.06. The number of rotatable bonds is 18. The van der Waals surface area contributed by atoms with Crippen LogP contribution in [0.1, 0.15) is 37.8 Å². The minimum absolute atomic E-state index is 0.00635. The fourth-order valence-corrected chi connectivity index (χ4v) is 3.27. The number of hydrogen-bond donors (Lipinski definition) is 10. The fourth-order valence-electron chi connectivity index (χ4n) is 3.27. The number of carbonyl (C=O) groups is 6. The highest BCUT2D eigenvalue weighted by molar-refractivity contribution is 5.95. The number of aliphatic carboxylic acids is 1. The Bertz CT molecular complexity index is 1040. The van der Waals surface area contributed by atoms with E-state index in [1.807, 2.05) is 0 Å². The minimum Gasteiger partial charge on any atom is -0.480 e. The van der Waals surface area contributed by atoms with E-state index in [-0.39, 0.29) is 44.6 Å². The Kier molecular flexibility index (Phi) is 13.4. The Labute approximate surface area is 222 Å². The maximum Gasteiger partial charge on any atom is 0.326 e. The van der Waals surface area contributed by atoms with Gasteiger partial charge in [-0.05, 0) is 19.3 Å². The Morgan fingerprint density at radius 1 is 0.897 bits per heavy atom. The number of amides is 5. The van der Waals surface area contributed by atoms with Crippen LogP contribution in [-0.2, 0) is 35.2 Å². The van der Waals surface area contributed by atoms with E-state index in [1.165, 1.54) is 12.5 Å². The lowest BCUT2D eigenvalue weighted by atomic mass is 10.1. The van der Waals surface area contributed by atoms with Gasteiger partial charge < -0.3 is 54.7 Å². The van der Waals surface area contributed by atoms with Gasteiger partial charge in [-0.25, -0.2) is 9.78 Å². The summed E-state index contributed by atoms with van der Waals surface area (Å²) in [6, 6.07) is -5.37. The molecule has 1 heterocycles. The first kappa shape index (κ1) is 32.3. The molecule has 0 spiro atoms. The van der Waals surface area contributed by atoms with Crippen molar-refractivity contribution in [1.29, 1.82) is 0 Å². The molecule has 0 saturated carbocycles. The van der Waals surface area contributed by atoms with Crippen LogP contribution in [0.25, 0.3) is 0 Å². The summed E-state index contributed by atoms with van der Waals surface area (Å²) in [5.74, 6) is -5.72. The highest BCUT2D eigenvalue weighted by Gasteiger charge is 2.31. The fraction of sp³-hybridized carbons (Fsp3) is 0.524. The standard InChI is InChI=1S/C21H35N11O7/c22-11(7-16(24)34)17(35)30-12(2-1-5-28-21(25)26)18(36)32-14(6-10-8-27-9-29-10)19(37)31-13(20(38)39)3-4-15(23)33/h8-9,11-14H,1-7,22H2,(H2,23,33)(H2,24,34)(H,27,29)(H,30,35)(H,31,37)(H,32,36)(H,38,39)(H4,25,26,28). The van der Waals surface area contributed by atoms with Gasteiger partial charge in [0.15, 0.2) is 5.96 Å². The zero-order valence-electron chi connectivity index (χ0n) is 21.1. The Balaban J connectivity index is 3.11. The smallest absolute Gasteiger partial charge is 0.326 e. The quantitative estimate of drug-likeness (QED) is 0.0466. The molecule has 1 rings (SSSR count). The van der Waals surface area contributed by atoms with Crippen LogP contribution in [-0.4, -0.2) is 87.3 Å². The third kappa shape index (κ3) is 12.9. The van der Waals surface area contributed by atoms with E-state index in [2.05, 4.69) is 30.9 Å². The number of hydrogen-bond acceptors (Lipinski definition) is 9. The van der Waals surface area contributed by atoms with Crippen molar-refractivity contribution in [3.63, 3.8) is 0 Å². The van der Waals surface area contributed by atoms with Gasteiger partial charge in [0.05, 0.1) is 18.8 Å². The molecule has 0 bridgehead atoms. The number of H-pyrrole nitrogens is 1. The minimum atomic E-state index is -1.46. The molecule has 4 unspecified atom stereocenters. The summed E-state index contributed by atoms with van der Waals surface area (Å²) in [6.07, 6.45) is 1.79. The van der Waals surface area contributed by atoms with Gasteiger partial charge in [0, 0.05) is 31.3 Å². The van der Waals surface area contributed by atoms with Crippen LogP contribution in [0.4, 0.5) is 0 Å². The van der Waals surface area contributed by atoms with E-state index in [0.29, 0.717) is 5.69 Å². The van der Waals surface area contributed by atoms with E-state index in [1.54, 1.807) is 0 Å². The van der Waals surface area contributed by atoms with E-state index in [4.69, 9.17) is 28.7 Å². The molecule has 0 aliphatic heterocycles. The zero-order valence-corrected chi connectivity index (χ0v) is 21.1. The summed E-state index contributed by atoms with van der Waals surface area (Å²) >= 11 is 0. The summed E-state index contributed by atoms with van der Waals surface area (Å²) in [5.41, 5.74) is 26.8. The van der Waals surface area contributed by atoms with E-state index < -0.39 is 66.1 Å². The monoisotopic (exact) mass is 553 g/mol. The average Bonchev–Trinajstić information content (AvgIpc) is 3.35. The molecule has 0 aliphatic rings. The van der Waals surface area contributed by atoms with Crippen LogP contribution in [0.2, 0.25) is 0 Å². The number of aromatic nitrogens is 2. The van der Waals surface area contributed by atoms with Crippen LogP contribution in [0.5, 0.6) is 0 Å². The summed E-state index contributed by atoms with van der Waals surface area (Å²) in [6.45, 7) is 0.119. The van der Waals surface area contributed by atoms with Crippen molar-refractivity contribution < 1.29 is 33.9 Å². The number of carboxylic acids is 1. The first-order chi connectivity index (χ1) is 18.3. The van der Waals surface area contributed by atoms with Crippen LogP contribution in [0.3, 0.4) is 0 Å². The molecule has 0 fully saturated rings. The molecule has 1 aromatic heterocycles. The number of nitrogens with zero attached hydrogens (tertiary/aromatic N) is 2. The maximum atomic E-state index is 13.2. The number of imidazole rings is 1. The Hall–Kier alpha value is -4.74. The van der Waals surface area contributed by atoms with Crippen molar-refractivity contribution in [3.8, 4) is 0 Å². The van der Waals surface area contributed by atoms with Gasteiger partial charge >= 0.3 is 5.97 Å². The second-order valence-electron chi connectivity index (χ2n) is 8.53. The third-order valence-electron chi connectivity index (χ3n) is 5.24. The molecule has 0 aliphatic carbocycles. The first-order valence-electron chi connectivity index (χ1n) is 11.8. The number of nitrogens with two attached hydrogens (primary N) is 5. The van der Waals surface area contributed by atoms with Crippen LogP contribution < -0.4 is 44.6 Å². The topological polar surface area (TPSA) is 330 Å². The number of aliphatic imine (C=N–C) groups is 1. The highest BCUT2D eigenvalue weighted by atomic mass is 16.4. The second kappa shape index (κ2) is 16.2. The number of aromatic amines is 1. The van der Waals surface area contributed by atoms with Gasteiger partial charge in [-0.1, -0.05) is 0 Å². The third-order valence-corrected chi connectivity index (χ3v) is 5.24. The summed E-state index contributed by atoms with van der Waals surface area (Å²) in [4.78, 5) is 82.9. The van der Waals surface area contributed by atoms with Crippen LogP contribution in [0, 0.1) is 0 Å². The normalized spacial score (nSPS) is 13.7. The van der Waals surface area contributed by atoms with Gasteiger partial charge in [0.25, 0.3) is 0 Å². The predicted molar refractivity (Wildman–Crippen MR) is 136 cm³/mol. The zero-order chi connectivity index (χ0) is 29.5. The van der Waals surface area contributed by atoms with Gasteiger partial charge in [-0.15, -0.1) is 0 Å². The first-order valence-corrected chi connectivity index (χ1v) is 11.8. The predicted octanol–water partition coefficient (Wildman–Crippen LogP) is -4.99. The summed E-state index contributed by atoms with van der Waals surface area (Å²) in [5, 5.41) is 16.6. The van der Waals surface area contributed by atoms with Crippen LogP contribution in [0.15, 0.2) is 17.5 Å². The summed E-state index contributed by atoms with van der Waals surface area (Å²) < 4.78 is 0. The Morgan fingerprint density at radius 3 is 2.05 bits per heavy atom. The molecule has 1 aromatic rings. The Morgan fingerprint density at radius 2 is 1.51 bits per heavy atom. The second-order valence-corrected chi connectivity index (χ2v) is 8.53. The van der Waals surface area contributed by atoms with E-state index >= 15 is 0 Å².